The van der Waals surface area contributed by atoms with Gasteiger partial charge in [-0.1, -0.05) is 19.3 Å². The van der Waals surface area contributed by atoms with E-state index >= 15 is 0 Å². The molecule has 0 radical (unpaired) electrons. The molecular formula is C19H25N3O3S. The number of nitrogens with zero attached hydrogens (tertiary/aromatic N) is 2. The van der Waals surface area contributed by atoms with Gasteiger partial charge < -0.3 is 10.2 Å². The van der Waals surface area contributed by atoms with Crippen molar-refractivity contribution in [2.45, 2.75) is 62.9 Å². The summed E-state index contributed by atoms with van der Waals surface area (Å²) in [5, 5.41) is 4.88. The van der Waals surface area contributed by atoms with Gasteiger partial charge in [-0.2, -0.15) is 0 Å². The van der Waals surface area contributed by atoms with Gasteiger partial charge in [0, 0.05) is 23.5 Å². The lowest BCUT2D eigenvalue weighted by Crippen LogP contribution is -2.48. The van der Waals surface area contributed by atoms with Crippen LogP contribution in [0, 0.1) is 0 Å². The van der Waals surface area contributed by atoms with Gasteiger partial charge in [-0.3, -0.25) is 14.5 Å². The highest BCUT2D eigenvalue weighted by Gasteiger charge is 2.54. The first-order chi connectivity index (χ1) is 12.5. The van der Waals surface area contributed by atoms with E-state index in [9.17, 15) is 14.4 Å². The standard InChI is InChI=1S/C19H25N3O3S/c1-21(13-6-3-2-4-7-13)16(23)12-22-17(24)19(20-18(22)25)10-5-8-15-14(19)9-11-26-15/h9,11,13H,2-8,10,12H2,1H3,(H,20,25)/t19-/m0/s1. The minimum Gasteiger partial charge on any atom is -0.341 e. The van der Waals surface area contributed by atoms with Crippen LogP contribution in [0.25, 0.3) is 0 Å². The molecule has 0 bridgehead atoms. The number of urea groups is 1. The Hall–Kier alpha value is -1.89. The molecule has 1 saturated carbocycles. The Morgan fingerprint density at radius 3 is 2.85 bits per heavy atom. The predicted molar refractivity (Wildman–Crippen MR) is 98.8 cm³/mol. The summed E-state index contributed by atoms with van der Waals surface area (Å²) in [6.07, 6.45) is 7.91. The number of nitrogens with one attached hydrogen (secondary N) is 1. The van der Waals surface area contributed by atoms with Gasteiger partial charge in [-0.25, -0.2) is 4.79 Å². The van der Waals surface area contributed by atoms with E-state index in [4.69, 9.17) is 0 Å². The fourth-order valence-corrected chi connectivity index (χ4v) is 5.60. The highest BCUT2D eigenvalue weighted by Crippen LogP contribution is 2.42. The summed E-state index contributed by atoms with van der Waals surface area (Å²) in [5.41, 5.74) is -0.0448. The normalized spacial score (nSPS) is 26.1. The van der Waals surface area contributed by atoms with E-state index in [1.54, 1.807) is 23.3 Å². The minimum absolute atomic E-state index is 0.154. The maximum Gasteiger partial charge on any atom is 0.325 e. The van der Waals surface area contributed by atoms with Crippen molar-refractivity contribution in [2.24, 2.45) is 0 Å². The average molecular weight is 375 g/mol. The van der Waals surface area contributed by atoms with Crippen LogP contribution in [0.15, 0.2) is 11.4 Å². The van der Waals surface area contributed by atoms with Gasteiger partial charge in [0.2, 0.25) is 5.91 Å². The molecule has 3 aliphatic rings. The van der Waals surface area contributed by atoms with Gasteiger partial charge in [0.1, 0.15) is 12.1 Å². The molecule has 1 aromatic heterocycles. The first-order valence-electron chi connectivity index (χ1n) is 9.49. The molecule has 4 amide bonds. The molecule has 1 aliphatic heterocycles. The molecule has 2 aliphatic carbocycles. The summed E-state index contributed by atoms with van der Waals surface area (Å²) in [7, 11) is 1.80. The average Bonchev–Trinajstić information content (AvgIpc) is 3.22. The largest absolute Gasteiger partial charge is 0.341 e. The molecule has 6 nitrogen and oxygen atoms in total. The number of hydrogen-bond acceptors (Lipinski definition) is 4. The summed E-state index contributed by atoms with van der Waals surface area (Å²) in [5.74, 6) is -0.425. The number of hydrogen-bond donors (Lipinski definition) is 1. The van der Waals surface area contributed by atoms with Crippen molar-refractivity contribution in [1.82, 2.24) is 15.1 Å². The number of carbonyl (C=O) groups is 3. The number of amides is 4. The third-order valence-electron chi connectivity index (χ3n) is 6.15. The van der Waals surface area contributed by atoms with E-state index in [0.29, 0.717) is 6.42 Å². The summed E-state index contributed by atoms with van der Waals surface area (Å²) in [6, 6.07) is 1.72. The molecule has 1 saturated heterocycles. The number of fused-ring (bicyclic) bond motifs is 2. The number of rotatable bonds is 3. The van der Waals surface area contributed by atoms with E-state index < -0.39 is 11.6 Å². The van der Waals surface area contributed by atoms with Crippen molar-refractivity contribution in [3.05, 3.63) is 21.9 Å². The Morgan fingerprint density at radius 1 is 1.31 bits per heavy atom. The Balaban J connectivity index is 1.51. The van der Waals surface area contributed by atoms with Crippen LogP contribution in [-0.2, 0) is 21.5 Å². The quantitative estimate of drug-likeness (QED) is 0.826. The number of likely N-dealkylation sites (N-methyl/N-ethyl adjacent to an activating group) is 1. The minimum atomic E-state index is -0.964. The van der Waals surface area contributed by atoms with Crippen LogP contribution in [0.4, 0.5) is 4.79 Å². The second-order valence-electron chi connectivity index (χ2n) is 7.63. The number of imide groups is 1. The second-order valence-corrected chi connectivity index (χ2v) is 8.63. The highest BCUT2D eigenvalue weighted by atomic mass is 32.1. The molecule has 2 heterocycles. The lowest BCUT2D eigenvalue weighted by atomic mass is 9.80. The molecule has 26 heavy (non-hydrogen) atoms. The maximum atomic E-state index is 13.2. The van der Waals surface area contributed by atoms with Crippen molar-refractivity contribution < 1.29 is 14.4 Å². The molecular weight excluding hydrogens is 350 g/mol. The zero-order chi connectivity index (χ0) is 18.3. The van der Waals surface area contributed by atoms with Crippen molar-refractivity contribution in [3.8, 4) is 0 Å². The van der Waals surface area contributed by atoms with Crippen molar-refractivity contribution in [3.63, 3.8) is 0 Å². The number of carbonyl (C=O) groups excluding carboxylic acids is 3. The third kappa shape index (κ3) is 2.73. The molecule has 140 valence electrons. The van der Waals surface area contributed by atoms with E-state index in [2.05, 4.69) is 5.32 Å². The molecule has 0 unspecified atom stereocenters. The fourth-order valence-electron chi connectivity index (χ4n) is 4.60. The first kappa shape index (κ1) is 17.5. The van der Waals surface area contributed by atoms with Gasteiger partial charge >= 0.3 is 6.03 Å². The lowest BCUT2D eigenvalue weighted by molar-refractivity contribution is -0.140. The van der Waals surface area contributed by atoms with E-state index in [-0.39, 0.29) is 24.4 Å². The Morgan fingerprint density at radius 2 is 2.08 bits per heavy atom. The summed E-state index contributed by atoms with van der Waals surface area (Å²) < 4.78 is 0. The lowest BCUT2D eigenvalue weighted by Gasteiger charge is -2.33. The molecule has 2 fully saturated rings. The predicted octanol–water partition coefficient (Wildman–Crippen LogP) is 2.62. The van der Waals surface area contributed by atoms with E-state index in [1.165, 1.54) is 6.42 Å². The molecule has 1 atom stereocenters. The zero-order valence-corrected chi connectivity index (χ0v) is 15.9. The van der Waals surface area contributed by atoms with Crippen LogP contribution in [0.1, 0.15) is 55.4 Å². The van der Waals surface area contributed by atoms with Gasteiger partial charge in [-0.15, -0.1) is 11.3 Å². The maximum absolute atomic E-state index is 13.2. The SMILES string of the molecule is CN(C(=O)CN1C(=O)N[C@]2(CCCc3sccc32)C1=O)C1CCCCC1. The van der Waals surface area contributed by atoms with Crippen LogP contribution in [-0.4, -0.2) is 47.3 Å². The highest BCUT2D eigenvalue weighted by molar-refractivity contribution is 7.10. The van der Waals surface area contributed by atoms with Crippen molar-refractivity contribution >= 4 is 29.2 Å². The number of aryl methyl sites for hydroxylation is 1. The second kappa shape index (κ2) is 6.68. The number of thiophene rings is 1. The summed E-state index contributed by atoms with van der Waals surface area (Å²) in [6.45, 7) is -0.168. The van der Waals surface area contributed by atoms with Crippen LogP contribution >= 0.6 is 11.3 Å². The van der Waals surface area contributed by atoms with E-state index in [0.717, 1.165) is 53.9 Å². The molecule has 7 heteroatoms. The van der Waals surface area contributed by atoms with Crippen LogP contribution in [0.5, 0.6) is 0 Å². The molecule has 1 spiro atoms. The Kier molecular flexibility index (Phi) is 4.50. The first-order valence-corrected chi connectivity index (χ1v) is 10.4. The van der Waals surface area contributed by atoms with Gasteiger partial charge in [-0.05, 0) is 43.6 Å². The zero-order valence-electron chi connectivity index (χ0n) is 15.1. The van der Waals surface area contributed by atoms with Gasteiger partial charge in [0.05, 0.1) is 0 Å². The molecule has 0 aromatic carbocycles. The summed E-state index contributed by atoms with van der Waals surface area (Å²) in [4.78, 5) is 42.4. The molecule has 4 rings (SSSR count). The van der Waals surface area contributed by atoms with E-state index in [1.807, 2.05) is 11.4 Å². The Bertz CT molecular complexity index is 740. The van der Waals surface area contributed by atoms with Crippen molar-refractivity contribution in [1.29, 1.82) is 0 Å². The smallest absolute Gasteiger partial charge is 0.325 e. The Labute approximate surface area is 157 Å². The van der Waals surface area contributed by atoms with Crippen LogP contribution in [0.3, 0.4) is 0 Å². The summed E-state index contributed by atoms with van der Waals surface area (Å²) >= 11 is 1.63. The van der Waals surface area contributed by atoms with Crippen LogP contribution in [0.2, 0.25) is 0 Å². The van der Waals surface area contributed by atoms with Gasteiger partial charge in [0.15, 0.2) is 0 Å². The fraction of sp³-hybridized carbons (Fsp3) is 0.632. The van der Waals surface area contributed by atoms with Gasteiger partial charge in [0.25, 0.3) is 5.91 Å². The third-order valence-corrected chi connectivity index (χ3v) is 7.13. The topological polar surface area (TPSA) is 69.7 Å². The van der Waals surface area contributed by atoms with Crippen LogP contribution < -0.4 is 5.32 Å². The molecule has 1 N–H and O–H groups in total. The van der Waals surface area contributed by atoms with Crippen molar-refractivity contribution in [2.75, 3.05) is 13.6 Å². The monoisotopic (exact) mass is 375 g/mol. The molecule has 1 aromatic rings.